The Morgan fingerprint density at radius 3 is 2.54 bits per heavy atom. The number of unbranched alkanes of at least 4 members (excludes halogenated alkanes) is 1. The highest BCUT2D eigenvalue weighted by Gasteiger charge is 2.36. The lowest BCUT2D eigenvalue weighted by atomic mass is 9.93. The lowest BCUT2D eigenvalue weighted by Crippen LogP contribution is -2.47. The molecule has 1 amide bonds. The van der Waals surface area contributed by atoms with Gasteiger partial charge in [-0.1, -0.05) is 60.3 Å². The molecule has 1 unspecified atom stereocenters. The van der Waals surface area contributed by atoms with Gasteiger partial charge in [0.25, 0.3) is 0 Å². The second kappa shape index (κ2) is 11.0. The molecule has 35 heavy (non-hydrogen) atoms. The van der Waals surface area contributed by atoms with Crippen molar-refractivity contribution in [3.63, 3.8) is 0 Å². The number of benzene rings is 2. The summed E-state index contributed by atoms with van der Waals surface area (Å²) in [5, 5.41) is 3.02. The van der Waals surface area contributed by atoms with Gasteiger partial charge in [-0.2, -0.15) is 4.31 Å². The van der Waals surface area contributed by atoms with E-state index in [2.05, 4.69) is 0 Å². The van der Waals surface area contributed by atoms with E-state index in [0.29, 0.717) is 23.0 Å². The molecule has 0 spiro atoms. The zero-order valence-electron chi connectivity index (χ0n) is 19.7. The Balaban J connectivity index is 1.67. The molecule has 1 atom stereocenters. The minimum absolute atomic E-state index is 0.197. The third kappa shape index (κ3) is 5.59. The van der Waals surface area contributed by atoms with Crippen LogP contribution in [-0.2, 0) is 21.2 Å². The van der Waals surface area contributed by atoms with Gasteiger partial charge < -0.3 is 4.90 Å². The van der Waals surface area contributed by atoms with E-state index >= 15 is 0 Å². The molecule has 1 aromatic heterocycles. The zero-order valence-corrected chi connectivity index (χ0v) is 22.9. The Kier molecular flexibility index (Phi) is 8.23. The molecule has 2 aromatic carbocycles. The zero-order chi connectivity index (χ0) is 25.2. The minimum Gasteiger partial charge on any atom is -0.330 e. The van der Waals surface area contributed by atoms with Crippen molar-refractivity contribution in [3.05, 3.63) is 85.5 Å². The number of amides is 1. The second-order valence-electron chi connectivity index (χ2n) is 8.71. The topological polar surface area (TPSA) is 57.7 Å². The van der Waals surface area contributed by atoms with Gasteiger partial charge in [0.1, 0.15) is 0 Å². The Labute approximate surface area is 221 Å². The number of halogens is 2. The molecule has 0 fully saturated rings. The number of thiophene rings is 1. The van der Waals surface area contributed by atoms with E-state index < -0.39 is 16.1 Å². The van der Waals surface area contributed by atoms with Gasteiger partial charge >= 0.3 is 0 Å². The predicted molar refractivity (Wildman–Crippen MR) is 143 cm³/mol. The van der Waals surface area contributed by atoms with Gasteiger partial charge in [0.05, 0.1) is 17.5 Å². The van der Waals surface area contributed by atoms with Gasteiger partial charge in [-0.05, 0) is 66.6 Å². The molecule has 1 aliphatic rings. The van der Waals surface area contributed by atoms with Crippen LogP contribution < -0.4 is 0 Å². The molecule has 0 radical (unpaired) electrons. The van der Waals surface area contributed by atoms with Crippen molar-refractivity contribution in [2.45, 2.75) is 44.0 Å². The molecular weight excluding hydrogens is 523 g/mol. The van der Waals surface area contributed by atoms with E-state index in [-0.39, 0.29) is 23.9 Å². The summed E-state index contributed by atoms with van der Waals surface area (Å²) >= 11 is 14.4. The molecule has 0 aliphatic carbocycles. The van der Waals surface area contributed by atoms with Gasteiger partial charge in [0.2, 0.25) is 15.9 Å². The minimum atomic E-state index is -3.83. The van der Waals surface area contributed by atoms with E-state index in [1.165, 1.54) is 9.18 Å². The Morgan fingerprint density at radius 1 is 1.11 bits per heavy atom. The van der Waals surface area contributed by atoms with Crippen molar-refractivity contribution in [2.75, 3.05) is 19.6 Å². The molecule has 186 valence electrons. The summed E-state index contributed by atoms with van der Waals surface area (Å²) in [5.74, 6) is -0.246. The number of fused-ring (bicyclic) bond motifs is 1. The lowest BCUT2D eigenvalue weighted by Gasteiger charge is -2.38. The van der Waals surface area contributed by atoms with Crippen LogP contribution >= 0.6 is 34.5 Å². The highest BCUT2D eigenvalue weighted by atomic mass is 35.5. The summed E-state index contributed by atoms with van der Waals surface area (Å²) in [5.41, 5.74) is 2.79. The largest absolute Gasteiger partial charge is 0.330 e. The fraction of sp³-hybridized carbons (Fsp3) is 0.346. The van der Waals surface area contributed by atoms with Crippen LogP contribution in [0.3, 0.4) is 0 Å². The first-order valence-electron chi connectivity index (χ1n) is 11.6. The van der Waals surface area contributed by atoms with Crippen LogP contribution in [0, 0.1) is 6.92 Å². The highest BCUT2D eigenvalue weighted by Crippen LogP contribution is 2.41. The number of nitrogens with zero attached hydrogens (tertiary/aromatic N) is 2. The Morgan fingerprint density at radius 2 is 1.86 bits per heavy atom. The van der Waals surface area contributed by atoms with E-state index in [0.717, 1.165) is 29.5 Å². The second-order valence-corrected chi connectivity index (χ2v) is 12.5. The fourth-order valence-electron chi connectivity index (χ4n) is 4.36. The Hall–Kier alpha value is -1.90. The number of hydrogen-bond acceptors (Lipinski definition) is 4. The maximum absolute atomic E-state index is 13.8. The average Bonchev–Trinajstić information content (AvgIpc) is 3.30. The van der Waals surface area contributed by atoms with Crippen molar-refractivity contribution in [1.29, 1.82) is 0 Å². The molecule has 5 nitrogen and oxygen atoms in total. The van der Waals surface area contributed by atoms with Crippen LogP contribution in [0.5, 0.6) is 0 Å². The quantitative estimate of drug-likeness (QED) is 0.329. The molecule has 2 heterocycles. The highest BCUT2D eigenvalue weighted by molar-refractivity contribution is 7.89. The summed E-state index contributed by atoms with van der Waals surface area (Å²) < 4.78 is 28.3. The van der Waals surface area contributed by atoms with Crippen LogP contribution in [0.25, 0.3) is 0 Å². The lowest BCUT2D eigenvalue weighted by molar-refractivity contribution is -0.133. The van der Waals surface area contributed by atoms with Gasteiger partial charge in [-0.25, -0.2) is 8.42 Å². The summed E-state index contributed by atoms with van der Waals surface area (Å²) in [6.07, 6.45) is 2.21. The van der Waals surface area contributed by atoms with Crippen molar-refractivity contribution < 1.29 is 13.2 Å². The first kappa shape index (κ1) is 26.2. The number of carbonyl (C=O) groups is 1. The van der Waals surface area contributed by atoms with E-state index in [1.54, 1.807) is 52.6 Å². The maximum Gasteiger partial charge on any atom is 0.243 e. The smallest absolute Gasteiger partial charge is 0.243 e. The molecule has 9 heteroatoms. The van der Waals surface area contributed by atoms with Crippen molar-refractivity contribution in [3.8, 4) is 0 Å². The number of sulfonamides is 1. The third-order valence-electron chi connectivity index (χ3n) is 6.27. The van der Waals surface area contributed by atoms with Gasteiger partial charge in [-0.3, -0.25) is 4.79 Å². The summed E-state index contributed by atoms with van der Waals surface area (Å²) in [6.45, 7) is 4.45. The molecular formula is C26H28Cl2N2O3S2. The standard InChI is InChI=1S/C26H28Cl2N2O3S2/c1-3-4-13-29(35(32,33)20-8-5-18(2)6-9-20)17-25(31)30-14-11-24-22(12-15-34-24)26(30)21-10-7-19(27)16-23(21)28/h5-10,12,15-16,26H,3-4,11,13-14,17H2,1-2H3. The summed E-state index contributed by atoms with van der Waals surface area (Å²) in [4.78, 5) is 16.9. The van der Waals surface area contributed by atoms with Gasteiger partial charge in [0, 0.05) is 28.0 Å². The predicted octanol–water partition coefficient (Wildman–Crippen LogP) is 6.33. The van der Waals surface area contributed by atoms with Crippen LogP contribution in [0.1, 0.15) is 47.4 Å². The van der Waals surface area contributed by atoms with Crippen molar-refractivity contribution in [1.82, 2.24) is 9.21 Å². The molecule has 0 saturated heterocycles. The van der Waals surface area contributed by atoms with Crippen LogP contribution in [-0.4, -0.2) is 43.2 Å². The molecule has 4 rings (SSSR count). The number of carbonyl (C=O) groups excluding carboxylic acids is 1. The number of aryl methyl sites for hydroxylation is 1. The summed E-state index contributed by atoms with van der Waals surface area (Å²) in [6, 6.07) is 13.7. The third-order valence-corrected chi connectivity index (χ3v) is 9.69. The van der Waals surface area contributed by atoms with Crippen LogP contribution in [0.15, 0.2) is 58.8 Å². The van der Waals surface area contributed by atoms with Crippen LogP contribution in [0.4, 0.5) is 0 Å². The van der Waals surface area contributed by atoms with E-state index in [1.807, 2.05) is 31.4 Å². The summed E-state index contributed by atoms with van der Waals surface area (Å²) in [7, 11) is -3.83. The van der Waals surface area contributed by atoms with E-state index in [4.69, 9.17) is 23.2 Å². The number of rotatable bonds is 8. The van der Waals surface area contributed by atoms with E-state index in [9.17, 15) is 13.2 Å². The normalized spacial score (nSPS) is 15.9. The van der Waals surface area contributed by atoms with Crippen molar-refractivity contribution >= 4 is 50.5 Å². The number of hydrogen-bond donors (Lipinski definition) is 0. The molecule has 0 N–H and O–H groups in total. The monoisotopic (exact) mass is 550 g/mol. The first-order valence-corrected chi connectivity index (χ1v) is 14.7. The molecule has 0 bridgehead atoms. The molecule has 1 aliphatic heterocycles. The molecule has 3 aromatic rings. The van der Waals surface area contributed by atoms with Crippen molar-refractivity contribution in [2.24, 2.45) is 0 Å². The fourth-order valence-corrected chi connectivity index (χ4v) is 7.21. The maximum atomic E-state index is 13.8. The average molecular weight is 552 g/mol. The van der Waals surface area contributed by atoms with Gasteiger partial charge in [0.15, 0.2) is 0 Å². The SMILES string of the molecule is CCCCN(CC(=O)N1CCc2sccc2C1c1ccc(Cl)cc1Cl)S(=O)(=O)c1ccc(C)cc1. The van der Waals surface area contributed by atoms with Gasteiger partial charge in [-0.15, -0.1) is 11.3 Å². The molecule has 0 saturated carbocycles. The van der Waals surface area contributed by atoms with Crippen LogP contribution in [0.2, 0.25) is 10.0 Å². The first-order chi connectivity index (χ1) is 16.7. The Bertz CT molecular complexity index is 1310.